The monoisotopic (exact) mass is 513 g/mol. The van der Waals surface area contributed by atoms with E-state index in [1.165, 1.54) is 11.8 Å². The summed E-state index contributed by atoms with van der Waals surface area (Å²) in [6, 6.07) is 40.0. The van der Waals surface area contributed by atoms with E-state index in [1.54, 1.807) is 0 Å². The van der Waals surface area contributed by atoms with E-state index in [4.69, 9.17) is 4.98 Å². The summed E-state index contributed by atoms with van der Waals surface area (Å²) in [6.07, 6.45) is 0. The van der Waals surface area contributed by atoms with Crippen LogP contribution in [0.25, 0.3) is 39.2 Å². The fraction of sp³-hybridized carbons (Fsp3) is 0.0323. The Hall–Kier alpha value is -4.75. The third-order valence-electron chi connectivity index (χ3n) is 6.24. The molecule has 0 spiro atoms. The summed E-state index contributed by atoms with van der Waals surface area (Å²) < 4.78 is 2.06. The maximum absolute atomic E-state index is 9.71. The normalized spacial score (nSPS) is 11.6. The van der Waals surface area contributed by atoms with E-state index in [2.05, 4.69) is 44.2 Å². The minimum atomic E-state index is 0.428. The summed E-state index contributed by atoms with van der Waals surface area (Å²) in [4.78, 5) is 4.94. The number of fused-ring (bicyclic) bond motifs is 1. The zero-order valence-electron chi connectivity index (χ0n) is 20.3. The van der Waals surface area contributed by atoms with Crippen LogP contribution in [-0.2, 0) is 0 Å². The summed E-state index contributed by atoms with van der Waals surface area (Å²) >= 11 is 1.47. The standard InChI is InChI=1S/C31H23N5OS/c37-35-29(23-14-6-2-7-15-23)21-38-31-34-33-30(36(31)24-16-8-3-9-17-24)26-20-28(22-12-4-1-5-13-22)32-27-19-11-10-18-25(26)27/h1-20,37H,21H2/b35-29+. The molecule has 184 valence electrons. The van der Waals surface area contributed by atoms with Gasteiger partial charge in [-0.25, -0.2) is 4.98 Å². The summed E-state index contributed by atoms with van der Waals surface area (Å²) in [5, 5.41) is 24.2. The van der Waals surface area contributed by atoms with Crippen LogP contribution in [0.1, 0.15) is 5.56 Å². The van der Waals surface area contributed by atoms with E-state index in [1.807, 2.05) is 97.1 Å². The molecule has 7 heteroatoms. The van der Waals surface area contributed by atoms with E-state index < -0.39 is 0 Å². The van der Waals surface area contributed by atoms with Crippen LogP contribution in [0.5, 0.6) is 0 Å². The number of para-hydroxylation sites is 2. The van der Waals surface area contributed by atoms with E-state index in [0.717, 1.165) is 44.8 Å². The Morgan fingerprint density at radius 3 is 2.16 bits per heavy atom. The number of thioether (sulfide) groups is 1. The molecule has 0 bridgehead atoms. The van der Waals surface area contributed by atoms with Crippen LogP contribution in [0.15, 0.2) is 132 Å². The third-order valence-corrected chi connectivity index (χ3v) is 7.18. The lowest BCUT2D eigenvalue weighted by atomic mass is 10.0. The summed E-state index contributed by atoms with van der Waals surface area (Å²) in [5.74, 6) is 1.15. The molecule has 6 aromatic rings. The van der Waals surface area contributed by atoms with E-state index >= 15 is 0 Å². The Kier molecular flexibility index (Phi) is 6.66. The second kappa shape index (κ2) is 10.7. The van der Waals surface area contributed by atoms with Gasteiger partial charge in [-0.2, -0.15) is 0 Å². The first-order valence-electron chi connectivity index (χ1n) is 12.2. The number of oxime groups is 1. The minimum Gasteiger partial charge on any atom is -0.411 e. The number of rotatable bonds is 7. The smallest absolute Gasteiger partial charge is 0.196 e. The van der Waals surface area contributed by atoms with Gasteiger partial charge in [0.05, 0.1) is 16.9 Å². The van der Waals surface area contributed by atoms with Crippen molar-refractivity contribution < 1.29 is 5.21 Å². The molecule has 0 radical (unpaired) electrons. The van der Waals surface area contributed by atoms with Gasteiger partial charge in [-0.1, -0.05) is 114 Å². The van der Waals surface area contributed by atoms with Crippen LogP contribution in [-0.4, -0.2) is 36.4 Å². The second-order valence-electron chi connectivity index (χ2n) is 8.62. The maximum Gasteiger partial charge on any atom is 0.196 e. The van der Waals surface area contributed by atoms with E-state index in [9.17, 15) is 5.21 Å². The molecule has 6 nitrogen and oxygen atoms in total. The summed E-state index contributed by atoms with van der Waals surface area (Å²) in [5.41, 5.74) is 6.11. The molecular weight excluding hydrogens is 490 g/mol. The Balaban J connectivity index is 1.49. The van der Waals surface area contributed by atoms with Gasteiger partial charge in [-0.05, 0) is 24.3 Å². The fourth-order valence-corrected chi connectivity index (χ4v) is 5.31. The van der Waals surface area contributed by atoms with Crippen molar-refractivity contribution in [2.45, 2.75) is 5.16 Å². The van der Waals surface area contributed by atoms with Crippen LogP contribution < -0.4 is 0 Å². The molecule has 0 atom stereocenters. The van der Waals surface area contributed by atoms with Crippen LogP contribution in [0, 0.1) is 0 Å². The van der Waals surface area contributed by atoms with Gasteiger partial charge in [0, 0.05) is 33.5 Å². The van der Waals surface area contributed by atoms with Gasteiger partial charge in [0.1, 0.15) is 0 Å². The maximum atomic E-state index is 9.71. The highest BCUT2D eigenvalue weighted by Crippen LogP contribution is 2.34. The Morgan fingerprint density at radius 2 is 1.42 bits per heavy atom. The Bertz CT molecular complexity index is 1720. The lowest BCUT2D eigenvalue weighted by molar-refractivity contribution is 0.319. The lowest BCUT2D eigenvalue weighted by Crippen LogP contribution is -2.06. The summed E-state index contributed by atoms with van der Waals surface area (Å²) in [7, 11) is 0. The first-order valence-corrected chi connectivity index (χ1v) is 13.2. The zero-order valence-corrected chi connectivity index (χ0v) is 21.2. The molecule has 0 aliphatic heterocycles. The molecule has 2 aromatic heterocycles. The molecule has 0 unspecified atom stereocenters. The molecule has 4 aromatic carbocycles. The highest BCUT2D eigenvalue weighted by Gasteiger charge is 2.20. The number of hydrogen-bond donors (Lipinski definition) is 1. The molecule has 1 N–H and O–H groups in total. The highest BCUT2D eigenvalue weighted by atomic mass is 32.2. The van der Waals surface area contributed by atoms with Crippen LogP contribution in [0.2, 0.25) is 0 Å². The average Bonchev–Trinajstić information content (AvgIpc) is 3.42. The lowest BCUT2D eigenvalue weighted by Gasteiger charge is -2.13. The van der Waals surface area contributed by atoms with Crippen molar-refractivity contribution >= 4 is 28.4 Å². The van der Waals surface area contributed by atoms with E-state index in [0.29, 0.717) is 16.6 Å². The van der Waals surface area contributed by atoms with Gasteiger partial charge in [0.25, 0.3) is 0 Å². The van der Waals surface area contributed by atoms with Crippen molar-refractivity contribution in [1.29, 1.82) is 0 Å². The predicted molar refractivity (Wildman–Crippen MR) is 153 cm³/mol. The quantitative estimate of drug-likeness (QED) is 0.106. The fourth-order valence-electron chi connectivity index (χ4n) is 4.40. The number of pyridine rings is 1. The summed E-state index contributed by atoms with van der Waals surface area (Å²) in [6.45, 7) is 0. The highest BCUT2D eigenvalue weighted by molar-refractivity contribution is 7.99. The van der Waals surface area contributed by atoms with Crippen LogP contribution in [0.3, 0.4) is 0 Å². The topological polar surface area (TPSA) is 76.2 Å². The molecule has 0 aliphatic carbocycles. The van der Waals surface area contributed by atoms with E-state index in [-0.39, 0.29) is 0 Å². The van der Waals surface area contributed by atoms with Gasteiger partial charge in [-0.15, -0.1) is 10.2 Å². The predicted octanol–water partition coefficient (Wildman–Crippen LogP) is 7.12. The first kappa shape index (κ1) is 23.6. The number of aromatic nitrogens is 4. The molecule has 6 rings (SSSR count). The average molecular weight is 514 g/mol. The Morgan fingerprint density at radius 1 is 0.763 bits per heavy atom. The Labute approximate surface area is 224 Å². The molecule has 2 heterocycles. The second-order valence-corrected chi connectivity index (χ2v) is 9.56. The zero-order chi connectivity index (χ0) is 25.7. The number of nitrogens with zero attached hydrogens (tertiary/aromatic N) is 5. The molecule has 0 saturated heterocycles. The molecule has 0 amide bonds. The number of benzene rings is 4. The molecule has 0 saturated carbocycles. The van der Waals surface area contributed by atoms with Crippen LogP contribution >= 0.6 is 11.8 Å². The van der Waals surface area contributed by atoms with Crippen molar-refractivity contribution in [3.63, 3.8) is 0 Å². The van der Waals surface area contributed by atoms with Gasteiger partial charge >= 0.3 is 0 Å². The van der Waals surface area contributed by atoms with Crippen molar-refractivity contribution in [3.8, 4) is 28.3 Å². The molecular formula is C31H23N5OS. The molecule has 0 fully saturated rings. The molecule has 0 aliphatic rings. The van der Waals surface area contributed by atoms with Crippen LogP contribution in [0.4, 0.5) is 0 Å². The molecule has 38 heavy (non-hydrogen) atoms. The van der Waals surface area contributed by atoms with Crippen molar-refractivity contribution in [1.82, 2.24) is 19.7 Å². The minimum absolute atomic E-state index is 0.428. The van der Waals surface area contributed by atoms with Gasteiger partial charge in [0.2, 0.25) is 0 Å². The van der Waals surface area contributed by atoms with Crippen molar-refractivity contribution in [3.05, 3.63) is 127 Å². The largest absolute Gasteiger partial charge is 0.411 e. The SMILES string of the molecule is O/N=C(\CSc1nnc(-c2cc(-c3ccccc3)nc3ccccc23)n1-c1ccccc1)c1ccccc1. The first-order chi connectivity index (χ1) is 18.8. The third kappa shape index (κ3) is 4.67. The van der Waals surface area contributed by atoms with Crippen molar-refractivity contribution in [2.24, 2.45) is 5.16 Å². The van der Waals surface area contributed by atoms with Gasteiger partial charge in [-0.3, -0.25) is 4.57 Å². The van der Waals surface area contributed by atoms with Gasteiger partial charge < -0.3 is 5.21 Å². The van der Waals surface area contributed by atoms with Gasteiger partial charge in [0.15, 0.2) is 11.0 Å². The number of hydrogen-bond acceptors (Lipinski definition) is 6. The van der Waals surface area contributed by atoms with Crippen molar-refractivity contribution in [2.75, 3.05) is 5.75 Å².